The molecule has 0 bridgehead atoms. The average Bonchev–Trinajstić information content (AvgIpc) is 2.27. The van der Waals surface area contributed by atoms with Gasteiger partial charge in [0.2, 0.25) is 0 Å². The molecule has 15 heavy (non-hydrogen) atoms. The van der Waals surface area contributed by atoms with Gasteiger partial charge >= 0.3 is 0 Å². The average molecular weight is 208 g/mol. The van der Waals surface area contributed by atoms with E-state index in [0.29, 0.717) is 16.7 Å². The van der Waals surface area contributed by atoms with Crippen LogP contribution < -0.4 is 10.2 Å². The minimum absolute atomic E-state index is 0.0285. The molecule has 78 valence electrons. The molecule has 3 nitrogen and oxygen atoms in total. The summed E-state index contributed by atoms with van der Waals surface area (Å²) in [6.07, 6.45) is 0. The maximum atomic E-state index is 12.4. The van der Waals surface area contributed by atoms with E-state index in [9.17, 15) is 9.18 Å². The van der Waals surface area contributed by atoms with Crippen molar-refractivity contribution in [2.24, 2.45) is 0 Å². The zero-order valence-electron chi connectivity index (χ0n) is 8.12. The lowest BCUT2D eigenvalue weighted by atomic mass is 10.2. The summed E-state index contributed by atoms with van der Waals surface area (Å²) in [4.78, 5) is 11.6. The van der Waals surface area contributed by atoms with Gasteiger partial charge in [-0.25, -0.2) is 4.39 Å². The highest BCUT2D eigenvalue weighted by molar-refractivity contribution is 5.83. The van der Waals surface area contributed by atoms with Crippen molar-refractivity contribution >= 4 is 11.0 Å². The van der Waals surface area contributed by atoms with Gasteiger partial charge in [-0.05, 0) is 12.1 Å². The van der Waals surface area contributed by atoms with Gasteiger partial charge in [-0.3, -0.25) is 4.79 Å². The Hall–Kier alpha value is -1.84. The van der Waals surface area contributed by atoms with E-state index in [1.54, 1.807) is 18.2 Å². The van der Waals surface area contributed by atoms with Gasteiger partial charge in [0.05, 0.1) is 7.11 Å². The molecule has 1 aromatic carbocycles. The van der Waals surface area contributed by atoms with Crippen molar-refractivity contribution in [3.8, 4) is 5.75 Å². The third-order valence-electron chi connectivity index (χ3n) is 2.12. The Bertz CT molecular complexity index is 545. The fourth-order valence-corrected chi connectivity index (χ4v) is 1.46. The second-order valence-electron chi connectivity index (χ2n) is 3.04. The van der Waals surface area contributed by atoms with Crippen molar-refractivity contribution in [1.82, 2.24) is 0 Å². The second kappa shape index (κ2) is 3.73. The predicted molar refractivity (Wildman–Crippen MR) is 53.8 cm³/mol. The molecule has 0 aliphatic heterocycles. The van der Waals surface area contributed by atoms with Crippen LogP contribution in [0.25, 0.3) is 11.0 Å². The Labute approximate surface area is 85.1 Å². The predicted octanol–water partition coefficient (Wildman–Crippen LogP) is 2.27. The number of alkyl halides is 1. The van der Waals surface area contributed by atoms with Gasteiger partial charge in [-0.15, -0.1) is 0 Å². The zero-order chi connectivity index (χ0) is 10.8. The SMILES string of the molecule is COc1cccc2oc(CF)cc(=O)c12. The molecule has 0 saturated carbocycles. The van der Waals surface area contributed by atoms with Crippen LogP contribution in [0.3, 0.4) is 0 Å². The Balaban J connectivity index is 2.85. The molecule has 0 amide bonds. The first-order valence-electron chi connectivity index (χ1n) is 4.42. The summed E-state index contributed by atoms with van der Waals surface area (Å²) in [5.41, 5.74) is 0.0517. The molecule has 0 saturated heterocycles. The summed E-state index contributed by atoms with van der Waals surface area (Å²) in [7, 11) is 1.47. The molecular formula is C11H9FO3. The third-order valence-corrected chi connectivity index (χ3v) is 2.12. The lowest BCUT2D eigenvalue weighted by Crippen LogP contribution is -2.03. The third kappa shape index (κ3) is 1.58. The van der Waals surface area contributed by atoms with Crippen LogP contribution in [0.2, 0.25) is 0 Å². The molecule has 2 rings (SSSR count). The number of hydrogen-bond acceptors (Lipinski definition) is 3. The maximum Gasteiger partial charge on any atom is 0.196 e. The van der Waals surface area contributed by atoms with Crippen molar-refractivity contribution in [2.45, 2.75) is 6.67 Å². The van der Waals surface area contributed by atoms with E-state index in [-0.39, 0.29) is 11.2 Å². The van der Waals surface area contributed by atoms with Crippen LogP contribution in [0, 0.1) is 0 Å². The molecule has 0 aliphatic rings. The lowest BCUT2D eigenvalue weighted by molar-refractivity contribution is 0.397. The van der Waals surface area contributed by atoms with E-state index >= 15 is 0 Å². The van der Waals surface area contributed by atoms with E-state index in [0.717, 1.165) is 6.07 Å². The Morgan fingerprint density at radius 2 is 2.27 bits per heavy atom. The second-order valence-corrected chi connectivity index (χ2v) is 3.04. The van der Waals surface area contributed by atoms with Crippen molar-refractivity contribution in [3.63, 3.8) is 0 Å². The summed E-state index contributed by atoms with van der Waals surface area (Å²) >= 11 is 0. The minimum atomic E-state index is -0.789. The number of halogens is 1. The van der Waals surface area contributed by atoms with Gasteiger partial charge in [0.1, 0.15) is 29.2 Å². The molecule has 4 heteroatoms. The Morgan fingerprint density at radius 1 is 1.47 bits per heavy atom. The number of ether oxygens (including phenoxy) is 1. The van der Waals surface area contributed by atoms with Crippen LogP contribution in [0.4, 0.5) is 4.39 Å². The quantitative estimate of drug-likeness (QED) is 0.759. The summed E-state index contributed by atoms with van der Waals surface area (Å²) in [6.45, 7) is -0.789. The molecule has 1 aromatic heterocycles. The molecule has 1 heterocycles. The van der Waals surface area contributed by atoms with Crippen LogP contribution in [-0.4, -0.2) is 7.11 Å². The first kappa shape index (κ1) is 9.71. The fraction of sp³-hybridized carbons (Fsp3) is 0.182. The highest BCUT2D eigenvalue weighted by Gasteiger charge is 2.08. The Kier molecular flexibility index (Phi) is 2.41. The maximum absolute atomic E-state index is 12.4. The summed E-state index contributed by atoms with van der Waals surface area (Å²) < 4.78 is 22.6. The largest absolute Gasteiger partial charge is 0.496 e. The molecule has 0 radical (unpaired) electrons. The van der Waals surface area contributed by atoms with Crippen molar-refractivity contribution in [3.05, 3.63) is 40.2 Å². The number of fused-ring (bicyclic) bond motifs is 1. The minimum Gasteiger partial charge on any atom is -0.496 e. The number of hydrogen-bond donors (Lipinski definition) is 0. The number of benzene rings is 1. The number of methoxy groups -OCH3 is 1. The van der Waals surface area contributed by atoms with Gasteiger partial charge in [-0.1, -0.05) is 6.07 Å². The topological polar surface area (TPSA) is 39.4 Å². The van der Waals surface area contributed by atoms with Gasteiger partial charge in [0.25, 0.3) is 0 Å². The van der Waals surface area contributed by atoms with Crippen molar-refractivity contribution in [2.75, 3.05) is 7.11 Å². The highest BCUT2D eigenvalue weighted by atomic mass is 19.1. The zero-order valence-corrected chi connectivity index (χ0v) is 8.12. The van der Waals surface area contributed by atoms with E-state index in [2.05, 4.69) is 0 Å². The van der Waals surface area contributed by atoms with E-state index in [1.165, 1.54) is 7.11 Å². The molecular weight excluding hydrogens is 199 g/mol. The van der Waals surface area contributed by atoms with Crippen LogP contribution in [-0.2, 0) is 6.67 Å². The normalized spacial score (nSPS) is 10.5. The van der Waals surface area contributed by atoms with Crippen LogP contribution in [0.1, 0.15) is 5.76 Å². The molecule has 2 aromatic rings. The molecule has 0 aliphatic carbocycles. The first-order chi connectivity index (χ1) is 7.26. The fourth-order valence-electron chi connectivity index (χ4n) is 1.46. The molecule has 0 unspecified atom stereocenters. The van der Waals surface area contributed by atoms with Crippen molar-refractivity contribution < 1.29 is 13.5 Å². The van der Waals surface area contributed by atoms with Crippen LogP contribution >= 0.6 is 0 Å². The van der Waals surface area contributed by atoms with Crippen LogP contribution in [0.5, 0.6) is 5.75 Å². The first-order valence-corrected chi connectivity index (χ1v) is 4.42. The monoisotopic (exact) mass is 208 g/mol. The van der Waals surface area contributed by atoms with Gasteiger partial charge in [0, 0.05) is 6.07 Å². The van der Waals surface area contributed by atoms with Crippen LogP contribution in [0.15, 0.2) is 33.5 Å². The molecule has 0 spiro atoms. The van der Waals surface area contributed by atoms with E-state index < -0.39 is 6.67 Å². The van der Waals surface area contributed by atoms with Gasteiger partial charge in [-0.2, -0.15) is 0 Å². The van der Waals surface area contributed by atoms with E-state index in [1.807, 2.05) is 0 Å². The van der Waals surface area contributed by atoms with Crippen molar-refractivity contribution in [1.29, 1.82) is 0 Å². The van der Waals surface area contributed by atoms with E-state index in [4.69, 9.17) is 9.15 Å². The van der Waals surface area contributed by atoms with Gasteiger partial charge in [0.15, 0.2) is 5.43 Å². The standard InChI is InChI=1S/C11H9FO3/c1-14-9-3-2-4-10-11(9)8(13)5-7(6-12)15-10/h2-5H,6H2,1H3. The number of rotatable bonds is 2. The molecule has 0 fully saturated rings. The summed E-state index contributed by atoms with van der Waals surface area (Å²) in [5, 5.41) is 0.345. The molecule has 0 atom stereocenters. The smallest absolute Gasteiger partial charge is 0.196 e. The summed E-state index contributed by atoms with van der Waals surface area (Å²) in [5.74, 6) is 0.465. The summed E-state index contributed by atoms with van der Waals surface area (Å²) in [6, 6.07) is 6.10. The molecule has 0 N–H and O–H groups in total. The lowest BCUT2D eigenvalue weighted by Gasteiger charge is -2.04. The Morgan fingerprint density at radius 3 is 2.93 bits per heavy atom. The highest BCUT2D eigenvalue weighted by Crippen LogP contribution is 2.22. The van der Waals surface area contributed by atoms with Gasteiger partial charge < -0.3 is 9.15 Å².